The molecule has 0 atom stereocenters. The molecule has 0 spiro atoms. The molecule has 0 unspecified atom stereocenters. The summed E-state index contributed by atoms with van der Waals surface area (Å²) in [6, 6.07) is 10.3. The number of benzene rings is 1. The summed E-state index contributed by atoms with van der Waals surface area (Å²) in [6.45, 7) is 5.83. The van der Waals surface area contributed by atoms with Crippen LogP contribution in [0.1, 0.15) is 25.6 Å². The van der Waals surface area contributed by atoms with E-state index in [0.29, 0.717) is 5.92 Å². The third-order valence-corrected chi connectivity index (χ3v) is 4.06. The van der Waals surface area contributed by atoms with Crippen LogP contribution in [0.3, 0.4) is 0 Å². The lowest BCUT2D eigenvalue weighted by molar-refractivity contribution is 0.731. The highest BCUT2D eigenvalue weighted by Gasteiger charge is 2.08. The molecule has 1 N–H and O–H groups in total. The van der Waals surface area contributed by atoms with Gasteiger partial charge in [0.2, 0.25) is 5.13 Å². The van der Waals surface area contributed by atoms with Gasteiger partial charge in [0.1, 0.15) is 5.82 Å². The average molecular weight is 313 g/mol. The van der Waals surface area contributed by atoms with E-state index in [1.54, 1.807) is 0 Å². The van der Waals surface area contributed by atoms with Gasteiger partial charge in [0, 0.05) is 30.5 Å². The lowest BCUT2D eigenvalue weighted by Crippen LogP contribution is -2.10. The molecule has 0 fully saturated rings. The Morgan fingerprint density at radius 3 is 2.77 bits per heavy atom. The Bertz CT molecular complexity index is 717. The maximum absolute atomic E-state index is 4.48. The number of anilines is 1. The van der Waals surface area contributed by atoms with Crippen LogP contribution in [0.15, 0.2) is 42.9 Å². The van der Waals surface area contributed by atoms with Crippen LogP contribution in [0.4, 0.5) is 5.13 Å². The monoisotopic (exact) mass is 313 g/mol. The van der Waals surface area contributed by atoms with Gasteiger partial charge in [0.15, 0.2) is 0 Å². The highest BCUT2D eigenvalue weighted by molar-refractivity contribution is 7.09. The summed E-state index contributed by atoms with van der Waals surface area (Å²) < 4.78 is 6.49. The Balaban J connectivity index is 1.61. The maximum Gasteiger partial charge on any atom is 0.202 e. The molecule has 0 aliphatic carbocycles. The smallest absolute Gasteiger partial charge is 0.202 e. The van der Waals surface area contributed by atoms with Crippen LogP contribution in [0.25, 0.3) is 11.3 Å². The minimum atomic E-state index is 0.366. The molecule has 0 aliphatic rings. The highest BCUT2D eigenvalue weighted by Crippen LogP contribution is 2.19. The first-order valence-electron chi connectivity index (χ1n) is 7.37. The fourth-order valence-electron chi connectivity index (χ4n) is 2.17. The number of nitrogens with one attached hydrogen (secondary N) is 1. The SMILES string of the molecule is CC(C)c1nsc(NCCn2cncc2-c2ccccc2)n1. The van der Waals surface area contributed by atoms with E-state index >= 15 is 0 Å². The van der Waals surface area contributed by atoms with Crippen molar-refractivity contribution in [2.75, 3.05) is 11.9 Å². The van der Waals surface area contributed by atoms with Crippen LogP contribution in [-0.2, 0) is 6.54 Å². The highest BCUT2D eigenvalue weighted by atomic mass is 32.1. The Labute approximate surface area is 134 Å². The molecule has 1 aromatic carbocycles. The quantitative estimate of drug-likeness (QED) is 0.755. The van der Waals surface area contributed by atoms with Gasteiger partial charge >= 0.3 is 0 Å². The third-order valence-electron chi connectivity index (χ3n) is 3.37. The Hall–Kier alpha value is -2.21. The van der Waals surface area contributed by atoms with Crippen LogP contribution in [0, 0.1) is 0 Å². The van der Waals surface area contributed by atoms with E-state index < -0.39 is 0 Å². The van der Waals surface area contributed by atoms with E-state index in [-0.39, 0.29) is 0 Å². The normalized spacial score (nSPS) is 11.0. The van der Waals surface area contributed by atoms with E-state index in [1.807, 2.05) is 30.7 Å². The Kier molecular flexibility index (Phi) is 4.48. The van der Waals surface area contributed by atoms with Gasteiger partial charge in [0.25, 0.3) is 0 Å². The van der Waals surface area contributed by atoms with Gasteiger partial charge in [-0.15, -0.1) is 0 Å². The zero-order valence-corrected chi connectivity index (χ0v) is 13.5. The zero-order valence-electron chi connectivity index (χ0n) is 12.7. The van der Waals surface area contributed by atoms with Crippen molar-refractivity contribution < 1.29 is 0 Å². The molecule has 0 amide bonds. The molecule has 0 bridgehead atoms. The molecular weight excluding hydrogens is 294 g/mol. The molecule has 3 aromatic rings. The molecule has 3 rings (SSSR count). The summed E-state index contributed by atoms with van der Waals surface area (Å²) in [7, 11) is 0. The summed E-state index contributed by atoms with van der Waals surface area (Å²) in [6.07, 6.45) is 3.76. The van der Waals surface area contributed by atoms with Crippen molar-refractivity contribution in [2.45, 2.75) is 26.3 Å². The second kappa shape index (κ2) is 6.70. The van der Waals surface area contributed by atoms with Gasteiger partial charge < -0.3 is 9.88 Å². The van der Waals surface area contributed by atoms with E-state index in [2.05, 4.69) is 50.2 Å². The summed E-state index contributed by atoms with van der Waals surface area (Å²) in [5, 5.41) is 4.21. The second-order valence-corrected chi connectivity index (χ2v) is 6.13. The van der Waals surface area contributed by atoms with Crippen molar-refractivity contribution in [3.05, 3.63) is 48.7 Å². The molecule has 6 heteroatoms. The van der Waals surface area contributed by atoms with Crippen molar-refractivity contribution in [1.29, 1.82) is 0 Å². The van der Waals surface area contributed by atoms with Crippen LogP contribution in [0.5, 0.6) is 0 Å². The van der Waals surface area contributed by atoms with Crippen LogP contribution in [-0.4, -0.2) is 25.5 Å². The lowest BCUT2D eigenvalue weighted by Gasteiger charge is -2.08. The summed E-state index contributed by atoms with van der Waals surface area (Å²) in [5.74, 6) is 1.27. The first-order chi connectivity index (χ1) is 10.7. The van der Waals surface area contributed by atoms with E-state index in [4.69, 9.17) is 0 Å². The molecule has 0 saturated carbocycles. The molecule has 0 radical (unpaired) electrons. The van der Waals surface area contributed by atoms with Gasteiger partial charge in [-0.3, -0.25) is 0 Å². The number of nitrogens with zero attached hydrogens (tertiary/aromatic N) is 4. The number of hydrogen-bond acceptors (Lipinski definition) is 5. The van der Waals surface area contributed by atoms with Crippen molar-refractivity contribution in [2.24, 2.45) is 0 Å². The number of aromatic nitrogens is 4. The van der Waals surface area contributed by atoms with Crippen LogP contribution < -0.4 is 5.32 Å². The first kappa shape index (κ1) is 14.7. The number of imidazole rings is 1. The van der Waals surface area contributed by atoms with Crippen molar-refractivity contribution in [3.8, 4) is 11.3 Å². The fraction of sp³-hybridized carbons (Fsp3) is 0.312. The van der Waals surface area contributed by atoms with Crippen molar-refractivity contribution in [1.82, 2.24) is 18.9 Å². The van der Waals surface area contributed by atoms with Gasteiger partial charge in [-0.1, -0.05) is 44.2 Å². The second-order valence-electron chi connectivity index (χ2n) is 5.38. The molecule has 2 aromatic heterocycles. The molecule has 22 heavy (non-hydrogen) atoms. The predicted molar refractivity (Wildman–Crippen MR) is 90.2 cm³/mol. The number of hydrogen-bond donors (Lipinski definition) is 1. The Morgan fingerprint density at radius 1 is 1.23 bits per heavy atom. The van der Waals surface area contributed by atoms with Gasteiger partial charge in [-0.2, -0.15) is 4.37 Å². The molecular formula is C16H19N5S. The largest absolute Gasteiger partial charge is 0.358 e. The van der Waals surface area contributed by atoms with Crippen molar-refractivity contribution in [3.63, 3.8) is 0 Å². The first-order valence-corrected chi connectivity index (χ1v) is 8.14. The maximum atomic E-state index is 4.48. The number of rotatable bonds is 6. The molecule has 5 nitrogen and oxygen atoms in total. The molecule has 0 saturated heterocycles. The topological polar surface area (TPSA) is 55.6 Å². The van der Waals surface area contributed by atoms with Crippen LogP contribution in [0.2, 0.25) is 0 Å². The van der Waals surface area contributed by atoms with Crippen molar-refractivity contribution >= 4 is 16.7 Å². The standard InChI is InChI=1S/C16H19N5S/c1-12(2)15-19-16(22-20-15)18-8-9-21-11-17-10-14(21)13-6-4-3-5-7-13/h3-7,10-12H,8-9H2,1-2H3,(H,18,19,20). The Morgan fingerprint density at radius 2 is 2.05 bits per heavy atom. The van der Waals surface area contributed by atoms with Gasteiger partial charge in [-0.05, 0) is 5.56 Å². The van der Waals surface area contributed by atoms with E-state index in [1.165, 1.54) is 17.1 Å². The van der Waals surface area contributed by atoms with E-state index in [0.717, 1.165) is 29.7 Å². The molecule has 2 heterocycles. The van der Waals surface area contributed by atoms with Gasteiger partial charge in [-0.25, -0.2) is 9.97 Å². The molecule has 0 aliphatic heterocycles. The zero-order chi connectivity index (χ0) is 15.4. The fourth-order valence-corrected chi connectivity index (χ4v) is 2.91. The minimum Gasteiger partial charge on any atom is -0.358 e. The average Bonchev–Trinajstić information content (AvgIpc) is 3.17. The lowest BCUT2D eigenvalue weighted by atomic mass is 10.2. The summed E-state index contributed by atoms with van der Waals surface area (Å²) >= 11 is 1.42. The van der Waals surface area contributed by atoms with Crippen LogP contribution >= 0.6 is 11.5 Å². The minimum absolute atomic E-state index is 0.366. The van der Waals surface area contributed by atoms with E-state index in [9.17, 15) is 0 Å². The third kappa shape index (κ3) is 3.33. The molecule has 114 valence electrons. The summed E-state index contributed by atoms with van der Waals surface area (Å²) in [5.41, 5.74) is 2.31. The summed E-state index contributed by atoms with van der Waals surface area (Å²) in [4.78, 5) is 8.74. The van der Waals surface area contributed by atoms with Gasteiger partial charge in [0.05, 0.1) is 18.2 Å². The predicted octanol–water partition coefficient (Wildman–Crippen LogP) is 3.64.